The Kier molecular flexibility index (Phi) is 3.72. The average Bonchev–Trinajstić information content (AvgIpc) is 2.74. The van der Waals surface area contributed by atoms with Crippen LogP contribution in [0.25, 0.3) is 0 Å². The summed E-state index contributed by atoms with van der Waals surface area (Å²) in [6.45, 7) is 2.68. The molecule has 2 N–H and O–H groups in total. The van der Waals surface area contributed by atoms with Gasteiger partial charge in [0.2, 0.25) is 0 Å². The van der Waals surface area contributed by atoms with Gasteiger partial charge in [-0.15, -0.1) is 0 Å². The highest BCUT2D eigenvalue weighted by atomic mass is 16.5. The first kappa shape index (κ1) is 12.7. The van der Waals surface area contributed by atoms with Gasteiger partial charge in [0.1, 0.15) is 5.75 Å². The number of methoxy groups -OCH3 is 1. The quantitative estimate of drug-likeness (QED) is 0.856. The van der Waals surface area contributed by atoms with Gasteiger partial charge in [0, 0.05) is 12.7 Å². The second-order valence-electron chi connectivity index (χ2n) is 4.33. The minimum absolute atomic E-state index is 0.0813. The van der Waals surface area contributed by atoms with Crippen molar-refractivity contribution in [3.8, 4) is 5.75 Å². The molecule has 0 saturated carbocycles. The molecule has 0 bridgehead atoms. The second kappa shape index (κ2) is 5.27. The number of anilines is 1. The lowest BCUT2D eigenvalue weighted by Crippen LogP contribution is -2.27. The predicted octanol–water partition coefficient (Wildman–Crippen LogP) is 1.98. The van der Waals surface area contributed by atoms with E-state index in [9.17, 15) is 4.79 Å². The first-order chi connectivity index (χ1) is 8.61. The molecule has 1 aromatic rings. The third-order valence-corrected chi connectivity index (χ3v) is 3.17. The molecule has 0 spiro atoms. The molecule has 1 aliphatic heterocycles. The standard InChI is InChI=1S/C13H17NO4/c1-8-11(5-6-18-8)14-12-7-9(17-2)3-4-10(12)13(15)16/h3-4,7-8,11,14H,5-6H2,1-2H3,(H,15,16). The molecule has 2 atom stereocenters. The first-order valence-electron chi connectivity index (χ1n) is 5.91. The summed E-state index contributed by atoms with van der Waals surface area (Å²) in [6, 6.07) is 5.03. The van der Waals surface area contributed by atoms with Crippen molar-refractivity contribution >= 4 is 11.7 Å². The van der Waals surface area contributed by atoms with Crippen molar-refractivity contribution in [2.45, 2.75) is 25.5 Å². The molecule has 2 rings (SSSR count). The summed E-state index contributed by atoms with van der Waals surface area (Å²) in [5, 5.41) is 12.4. The van der Waals surface area contributed by atoms with Crippen LogP contribution in [0.1, 0.15) is 23.7 Å². The van der Waals surface area contributed by atoms with Gasteiger partial charge in [0.25, 0.3) is 0 Å². The third-order valence-electron chi connectivity index (χ3n) is 3.17. The van der Waals surface area contributed by atoms with Gasteiger partial charge in [0.05, 0.1) is 30.5 Å². The van der Waals surface area contributed by atoms with E-state index < -0.39 is 5.97 Å². The van der Waals surface area contributed by atoms with Crippen molar-refractivity contribution in [3.05, 3.63) is 23.8 Å². The van der Waals surface area contributed by atoms with E-state index in [1.807, 2.05) is 6.92 Å². The molecule has 0 aromatic heterocycles. The van der Waals surface area contributed by atoms with E-state index in [4.69, 9.17) is 14.6 Å². The molecule has 0 radical (unpaired) electrons. The molecular formula is C13H17NO4. The lowest BCUT2D eigenvalue weighted by atomic mass is 10.1. The molecule has 18 heavy (non-hydrogen) atoms. The number of hydrogen-bond acceptors (Lipinski definition) is 4. The number of aromatic carboxylic acids is 1. The zero-order valence-corrected chi connectivity index (χ0v) is 10.5. The normalized spacial score (nSPS) is 22.8. The van der Waals surface area contributed by atoms with Crippen LogP contribution in [-0.4, -0.2) is 36.9 Å². The van der Waals surface area contributed by atoms with Crippen LogP contribution in [0.4, 0.5) is 5.69 Å². The Hall–Kier alpha value is -1.75. The Bertz CT molecular complexity index is 447. The van der Waals surface area contributed by atoms with Crippen LogP contribution in [0.15, 0.2) is 18.2 Å². The molecule has 1 saturated heterocycles. The molecule has 98 valence electrons. The maximum absolute atomic E-state index is 11.2. The smallest absolute Gasteiger partial charge is 0.337 e. The molecular weight excluding hydrogens is 234 g/mol. The fourth-order valence-corrected chi connectivity index (χ4v) is 2.08. The van der Waals surface area contributed by atoms with E-state index in [0.717, 1.165) is 6.42 Å². The van der Waals surface area contributed by atoms with Crippen molar-refractivity contribution in [2.24, 2.45) is 0 Å². The fourth-order valence-electron chi connectivity index (χ4n) is 2.08. The number of benzene rings is 1. The van der Waals surface area contributed by atoms with E-state index in [-0.39, 0.29) is 17.7 Å². The highest BCUT2D eigenvalue weighted by molar-refractivity contribution is 5.94. The number of carbonyl (C=O) groups is 1. The monoisotopic (exact) mass is 251 g/mol. The summed E-state index contributed by atoms with van der Waals surface area (Å²) in [5.74, 6) is -0.319. The van der Waals surface area contributed by atoms with Gasteiger partial charge in [-0.05, 0) is 25.5 Å². The summed E-state index contributed by atoms with van der Waals surface area (Å²) in [4.78, 5) is 11.2. The van der Waals surface area contributed by atoms with Crippen LogP contribution in [-0.2, 0) is 4.74 Å². The second-order valence-corrected chi connectivity index (χ2v) is 4.33. The molecule has 1 aliphatic rings. The predicted molar refractivity (Wildman–Crippen MR) is 67.4 cm³/mol. The zero-order chi connectivity index (χ0) is 13.1. The Morgan fingerprint density at radius 3 is 2.89 bits per heavy atom. The average molecular weight is 251 g/mol. The number of rotatable bonds is 4. The van der Waals surface area contributed by atoms with Crippen LogP contribution in [0.2, 0.25) is 0 Å². The summed E-state index contributed by atoms with van der Waals surface area (Å²) in [7, 11) is 1.56. The Morgan fingerprint density at radius 2 is 2.33 bits per heavy atom. The van der Waals surface area contributed by atoms with Crippen LogP contribution in [0, 0.1) is 0 Å². The van der Waals surface area contributed by atoms with Crippen molar-refractivity contribution in [2.75, 3.05) is 19.0 Å². The van der Waals surface area contributed by atoms with Gasteiger partial charge in [0.15, 0.2) is 0 Å². The first-order valence-corrected chi connectivity index (χ1v) is 5.91. The van der Waals surface area contributed by atoms with Gasteiger partial charge in [-0.3, -0.25) is 0 Å². The van der Waals surface area contributed by atoms with Crippen LogP contribution in [0.3, 0.4) is 0 Å². The van der Waals surface area contributed by atoms with E-state index in [1.54, 1.807) is 25.3 Å². The molecule has 1 aromatic carbocycles. The third kappa shape index (κ3) is 2.56. The molecule has 1 heterocycles. The molecule has 5 heteroatoms. The number of hydrogen-bond donors (Lipinski definition) is 2. The molecule has 5 nitrogen and oxygen atoms in total. The highest BCUT2D eigenvalue weighted by Crippen LogP contribution is 2.26. The van der Waals surface area contributed by atoms with Crippen LogP contribution >= 0.6 is 0 Å². The number of nitrogens with one attached hydrogen (secondary N) is 1. The van der Waals surface area contributed by atoms with Gasteiger partial charge in [-0.1, -0.05) is 0 Å². The minimum Gasteiger partial charge on any atom is -0.497 e. The zero-order valence-electron chi connectivity index (χ0n) is 10.5. The SMILES string of the molecule is COc1ccc(C(=O)O)c(NC2CCOC2C)c1. The van der Waals surface area contributed by atoms with E-state index in [1.165, 1.54) is 0 Å². The van der Waals surface area contributed by atoms with E-state index >= 15 is 0 Å². The maximum atomic E-state index is 11.2. The van der Waals surface area contributed by atoms with Crippen molar-refractivity contribution < 1.29 is 19.4 Å². The topological polar surface area (TPSA) is 67.8 Å². The summed E-state index contributed by atoms with van der Waals surface area (Å²) >= 11 is 0. The lowest BCUT2D eigenvalue weighted by molar-refractivity contribution is 0.0697. The number of carboxylic acid groups (broad SMARTS) is 1. The van der Waals surface area contributed by atoms with Crippen molar-refractivity contribution in [3.63, 3.8) is 0 Å². The minimum atomic E-state index is -0.952. The largest absolute Gasteiger partial charge is 0.497 e. The van der Waals surface area contributed by atoms with Crippen LogP contribution < -0.4 is 10.1 Å². The van der Waals surface area contributed by atoms with Gasteiger partial charge >= 0.3 is 5.97 Å². The Balaban J connectivity index is 2.25. The van der Waals surface area contributed by atoms with Gasteiger partial charge < -0.3 is 19.9 Å². The van der Waals surface area contributed by atoms with Crippen molar-refractivity contribution in [1.82, 2.24) is 0 Å². The molecule has 2 unspecified atom stereocenters. The number of ether oxygens (including phenoxy) is 2. The fraction of sp³-hybridized carbons (Fsp3) is 0.462. The van der Waals surface area contributed by atoms with Gasteiger partial charge in [-0.2, -0.15) is 0 Å². The summed E-state index contributed by atoms with van der Waals surface area (Å²) in [5.41, 5.74) is 0.819. The Labute approximate surface area is 106 Å². The molecule has 1 fully saturated rings. The maximum Gasteiger partial charge on any atom is 0.337 e. The van der Waals surface area contributed by atoms with Crippen molar-refractivity contribution in [1.29, 1.82) is 0 Å². The molecule has 0 amide bonds. The van der Waals surface area contributed by atoms with Gasteiger partial charge in [-0.25, -0.2) is 4.79 Å². The Morgan fingerprint density at radius 1 is 1.56 bits per heavy atom. The summed E-state index contributed by atoms with van der Waals surface area (Å²) < 4.78 is 10.6. The molecule has 0 aliphatic carbocycles. The number of carboxylic acids is 1. The lowest BCUT2D eigenvalue weighted by Gasteiger charge is -2.19. The highest BCUT2D eigenvalue weighted by Gasteiger charge is 2.25. The van der Waals surface area contributed by atoms with E-state index in [2.05, 4.69) is 5.32 Å². The van der Waals surface area contributed by atoms with Crippen LogP contribution in [0.5, 0.6) is 5.75 Å². The summed E-state index contributed by atoms with van der Waals surface area (Å²) in [6.07, 6.45) is 0.954. The van der Waals surface area contributed by atoms with E-state index in [0.29, 0.717) is 18.0 Å².